The van der Waals surface area contributed by atoms with Crippen molar-refractivity contribution >= 4 is 17.3 Å². The molecule has 0 fully saturated rings. The lowest BCUT2D eigenvalue weighted by Crippen LogP contribution is -2.27. The molecule has 0 radical (unpaired) electrons. The molecule has 0 spiro atoms. The summed E-state index contributed by atoms with van der Waals surface area (Å²) < 4.78 is 1.34. The highest BCUT2D eigenvalue weighted by Crippen LogP contribution is 2.18. The third-order valence-electron chi connectivity index (χ3n) is 2.36. The highest BCUT2D eigenvalue weighted by atomic mass is 16.5. The average Bonchev–Trinajstić information content (AvgIpc) is 2.83. The number of rotatable bonds is 2. The van der Waals surface area contributed by atoms with Crippen molar-refractivity contribution in [1.82, 2.24) is 15.3 Å². The molecule has 0 unspecified atom stereocenters. The van der Waals surface area contributed by atoms with Gasteiger partial charge in [0.15, 0.2) is 0 Å². The van der Waals surface area contributed by atoms with Crippen molar-refractivity contribution in [3.05, 3.63) is 42.2 Å². The highest BCUT2D eigenvalue weighted by Gasteiger charge is 2.05. The minimum absolute atomic E-state index is 0.146. The zero-order valence-corrected chi connectivity index (χ0v) is 9.61. The maximum atomic E-state index is 9.10. The van der Waals surface area contributed by atoms with Crippen molar-refractivity contribution in [2.45, 2.75) is 6.54 Å². The van der Waals surface area contributed by atoms with Gasteiger partial charge in [0, 0.05) is 6.54 Å². The first kappa shape index (κ1) is 12.1. The molecule has 0 atom stereocenters. The molecule has 0 aliphatic carbocycles. The summed E-state index contributed by atoms with van der Waals surface area (Å²) in [5.41, 5.74) is 15.2. The molecule has 0 saturated heterocycles. The second-order valence-electron chi connectivity index (χ2n) is 3.60. The number of nitrogens with two attached hydrogens (primary N) is 2. The molecular weight excluding hydrogens is 232 g/mol. The number of aromatic nitrogens is 2. The van der Waals surface area contributed by atoms with Crippen LogP contribution in [0.4, 0.5) is 11.4 Å². The number of nitrogens with one attached hydrogen (secondary N) is 1. The van der Waals surface area contributed by atoms with E-state index in [0.717, 1.165) is 5.56 Å². The van der Waals surface area contributed by atoms with E-state index in [2.05, 4.69) is 10.1 Å². The first-order valence-electron chi connectivity index (χ1n) is 5.32. The molecule has 0 aliphatic heterocycles. The predicted octanol–water partition coefficient (Wildman–Crippen LogP) is 0.439. The van der Waals surface area contributed by atoms with Gasteiger partial charge in [-0.05, 0) is 11.6 Å². The summed E-state index contributed by atoms with van der Waals surface area (Å²) in [5.74, 6) is 0.146. The van der Waals surface area contributed by atoms with Crippen LogP contribution in [0.2, 0.25) is 0 Å². The van der Waals surface area contributed by atoms with Crippen LogP contribution < -0.4 is 16.9 Å². The van der Waals surface area contributed by atoms with Crippen molar-refractivity contribution in [2.24, 2.45) is 10.7 Å². The van der Waals surface area contributed by atoms with Crippen LogP contribution in [0.15, 0.2) is 41.7 Å². The van der Waals surface area contributed by atoms with Crippen LogP contribution in [0.5, 0.6) is 0 Å². The Kier molecular flexibility index (Phi) is 3.56. The average molecular weight is 246 g/mol. The molecule has 6 N–H and O–H groups in total. The molecule has 7 heteroatoms. The van der Waals surface area contributed by atoms with Gasteiger partial charge in [0.25, 0.3) is 0 Å². The summed E-state index contributed by atoms with van der Waals surface area (Å²) in [4.78, 5) is 4.25. The van der Waals surface area contributed by atoms with Gasteiger partial charge < -0.3 is 11.5 Å². The van der Waals surface area contributed by atoms with Gasteiger partial charge in [0.1, 0.15) is 0 Å². The lowest BCUT2D eigenvalue weighted by Gasteiger charge is -2.06. The topological polar surface area (TPSA) is 114 Å². The molecule has 0 saturated carbocycles. The Bertz CT molecular complexity index is 562. The zero-order chi connectivity index (χ0) is 13.0. The number of aliphatic imine (C=N–C) groups is 1. The minimum atomic E-state index is 0.146. The zero-order valence-electron chi connectivity index (χ0n) is 9.61. The van der Waals surface area contributed by atoms with Gasteiger partial charge in [0.2, 0.25) is 5.96 Å². The van der Waals surface area contributed by atoms with Crippen molar-refractivity contribution in [3.8, 4) is 0 Å². The SMILES string of the molecule is NCc1ccccc1N=C(NO)n1cc(N)cn1. The number of hydrogen-bond donors (Lipinski definition) is 4. The monoisotopic (exact) mass is 246 g/mol. The summed E-state index contributed by atoms with van der Waals surface area (Å²) in [6, 6.07) is 7.38. The fourth-order valence-electron chi connectivity index (χ4n) is 1.49. The van der Waals surface area contributed by atoms with Gasteiger partial charge in [-0.3, -0.25) is 5.21 Å². The molecular formula is C11H14N6O. The van der Waals surface area contributed by atoms with Gasteiger partial charge in [-0.2, -0.15) is 5.10 Å². The van der Waals surface area contributed by atoms with E-state index < -0.39 is 0 Å². The van der Waals surface area contributed by atoms with E-state index in [1.165, 1.54) is 17.1 Å². The maximum absolute atomic E-state index is 9.10. The third kappa shape index (κ3) is 2.47. The molecule has 1 aromatic carbocycles. The van der Waals surface area contributed by atoms with Gasteiger partial charge in [-0.25, -0.2) is 15.2 Å². The molecule has 1 heterocycles. The van der Waals surface area contributed by atoms with E-state index in [1.54, 1.807) is 6.07 Å². The Balaban J connectivity index is 2.40. The number of hydrogen-bond acceptors (Lipinski definition) is 5. The van der Waals surface area contributed by atoms with Crippen LogP contribution in [0.25, 0.3) is 0 Å². The molecule has 0 amide bonds. The van der Waals surface area contributed by atoms with Crippen LogP contribution in [0.1, 0.15) is 5.56 Å². The van der Waals surface area contributed by atoms with Crippen molar-refractivity contribution in [2.75, 3.05) is 5.73 Å². The number of nitrogens with zero attached hydrogens (tertiary/aromatic N) is 3. The van der Waals surface area contributed by atoms with Crippen LogP contribution in [-0.4, -0.2) is 20.9 Å². The molecule has 2 aromatic rings. The van der Waals surface area contributed by atoms with E-state index in [9.17, 15) is 0 Å². The van der Waals surface area contributed by atoms with E-state index >= 15 is 0 Å². The van der Waals surface area contributed by atoms with Gasteiger partial charge in [-0.15, -0.1) is 0 Å². The molecule has 94 valence electrons. The smallest absolute Gasteiger partial charge is 0.248 e. The summed E-state index contributed by atoms with van der Waals surface area (Å²) in [7, 11) is 0. The standard InChI is InChI=1S/C11H14N6O/c12-5-8-3-1-2-4-10(8)15-11(16-18)17-7-9(13)6-14-17/h1-4,6-7,18H,5,12-13H2,(H,15,16). The first-order chi connectivity index (χ1) is 8.74. The summed E-state index contributed by atoms with van der Waals surface area (Å²) in [6.45, 7) is 0.361. The number of benzene rings is 1. The number of hydroxylamine groups is 1. The molecule has 7 nitrogen and oxygen atoms in total. The third-order valence-corrected chi connectivity index (χ3v) is 2.36. The Hall–Kier alpha value is -2.38. The minimum Gasteiger partial charge on any atom is -0.396 e. The summed E-state index contributed by atoms with van der Waals surface area (Å²) in [5, 5.41) is 13.0. The summed E-state index contributed by atoms with van der Waals surface area (Å²) >= 11 is 0. The Labute approximate surface area is 104 Å². The molecule has 2 rings (SSSR count). The largest absolute Gasteiger partial charge is 0.396 e. The Morgan fingerprint density at radius 2 is 2.22 bits per heavy atom. The summed E-state index contributed by atoms with van der Waals surface area (Å²) in [6.07, 6.45) is 2.99. The Morgan fingerprint density at radius 1 is 1.44 bits per heavy atom. The van der Waals surface area contributed by atoms with Crippen LogP contribution in [-0.2, 0) is 6.54 Å². The predicted molar refractivity (Wildman–Crippen MR) is 68.4 cm³/mol. The van der Waals surface area contributed by atoms with Crippen LogP contribution >= 0.6 is 0 Å². The molecule has 0 bridgehead atoms. The van der Waals surface area contributed by atoms with Gasteiger partial charge in [0.05, 0.1) is 23.8 Å². The Morgan fingerprint density at radius 3 is 2.83 bits per heavy atom. The van der Waals surface area contributed by atoms with Crippen molar-refractivity contribution in [3.63, 3.8) is 0 Å². The van der Waals surface area contributed by atoms with E-state index in [1.807, 2.05) is 23.7 Å². The van der Waals surface area contributed by atoms with Gasteiger partial charge in [-0.1, -0.05) is 18.2 Å². The lowest BCUT2D eigenvalue weighted by atomic mass is 10.2. The van der Waals surface area contributed by atoms with Crippen LogP contribution in [0, 0.1) is 0 Å². The van der Waals surface area contributed by atoms with Crippen molar-refractivity contribution in [1.29, 1.82) is 0 Å². The highest BCUT2D eigenvalue weighted by molar-refractivity contribution is 5.83. The molecule has 18 heavy (non-hydrogen) atoms. The second-order valence-corrected chi connectivity index (χ2v) is 3.60. The molecule has 0 aliphatic rings. The first-order valence-corrected chi connectivity index (χ1v) is 5.32. The maximum Gasteiger partial charge on any atom is 0.248 e. The number of nitrogen functional groups attached to an aromatic ring is 1. The molecule has 1 aromatic heterocycles. The normalized spacial score (nSPS) is 11.6. The van der Waals surface area contributed by atoms with E-state index in [0.29, 0.717) is 17.9 Å². The van der Waals surface area contributed by atoms with E-state index in [-0.39, 0.29) is 5.96 Å². The second kappa shape index (κ2) is 5.30. The quantitative estimate of drug-likeness (QED) is 0.348. The van der Waals surface area contributed by atoms with Crippen LogP contribution in [0.3, 0.4) is 0 Å². The fraction of sp³-hybridized carbons (Fsp3) is 0.0909. The van der Waals surface area contributed by atoms with Crippen molar-refractivity contribution < 1.29 is 5.21 Å². The van der Waals surface area contributed by atoms with E-state index in [4.69, 9.17) is 16.7 Å². The van der Waals surface area contributed by atoms with Gasteiger partial charge >= 0.3 is 0 Å². The fourth-order valence-corrected chi connectivity index (χ4v) is 1.49. The number of anilines is 1. The number of para-hydroxylation sites is 1. The lowest BCUT2D eigenvalue weighted by molar-refractivity contribution is 0.229.